The van der Waals surface area contributed by atoms with Crippen molar-refractivity contribution in [2.45, 2.75) is 32.0 Å². The summed E-state index contributed by atoms with van der Waals surface area (Å²) < 4.78 is 5.00. The molecule has 0 unspecified atom stereocenters. The van der Waals surface area contributed by atoms with Crippen LogP contribution in [-0.2, 0) is 20.9 Å². The van der Waals surface area contributed by atoms with Gasteiger partial charge >= 0.3 is 12.1 Å². The van der Waals surface area contributed by atoms with Gasteiger partial charge < -0.3 is 9.84 Å². The number of amides is 2. The summed E-state index contributed by atoms with van der Waals surface area (Å²) in [7, 11) is 0. The van der Waals surface area contributed by atoms with Gasteiger partial charge in [0.25, 0.3) is 0 Å². The number of hydrogen-bond acceptors (Lipinski definition) is 5. The van der Waals surface area contributed by atoms with Crippen LogP contribution in [0.15, 0.2) is 60.7 Å². The average molecular weight is 370 g/mol. The van der Waals surface area contributed by atoms with Gasteiger partial charge in [-0.3, -0.25) is 20.2 Å². The number of carboxylic acid groups (broad SMARTS) is 1. The number of imide groups is 1. The zero-order valence-corrected chi connectivity index (χ0v) is 14.9. The number of benzene rings is 2. The van der Waals surface area contributed by atoms with Crippen molar-refractivity contribution in [1.29, 1.82) is 0 Å². The first-order chi connectivity index (χ1) is 13.0. The smallest absolute Gasteiger partial charge is 0.414 e. The molecule has 2 aromatic rings. The Bertz CT molecular complexity index is 764. The van der Waals surface area contributed by atoms with Crippen LogP contribution in [0.3, 0.4) is 0 Å². The quantitative estimate of drug-likeness (QED) is 0.660. The highest BCUT2D eigenvalue weighted by atomic mass is 16.5. The Morgan fingerprint density at radius 1 is 1.00 bits per heavy atom. The molecule has 3 N–H and O–H groups in total. The minimum atomic E-state index is -1.15. The zero-order chi connectivity index (χ0) is 19.6. The van der Waals surface area contributed by atoms with Crippen molar-refractivity contribution < 1.29 is 24.2 Å². The summed E-state index contributed by atoms with van der Waals surface area (Å²) in [5, 5.41) is 14.1. The Labute approximate surface area is 157 Å². The van der Waals surface area contributed by atoms with E-state index in [-0.39, 0.29) is 12.6 Å². The number of hydrogen-bond donors (Lipinski definition) is 3. The minimum absolute atomic E-state index is 0.0113. The van der Waals surface area contributed by atoms with Crippen LogP contribution in [-0.4, -0.2) is 29.1 Å². The van der Waals surface area contributed by atoms with Gasteiger partial charge in [-0.25, -0.2) is 4.79 Å². The summed E-state index contributed by atoms with van der Waals surface area (Å²) in [5.74, 6) is -1.90. The number of carbonyl (C=O) groups is 3. The maximum Gasteiger partial charge on any atom is 0.414 e. The molecule has 2 aromatic carbocycles. The van der Waals surface area contributed by atoms with Crippen LogP contribution in [0.5, 0.6) is 0 Å². The van der Waals surface area contributed by atoms with Crippen molar-refractivity contribution in [3.8, 4) is 0 Å². The molecule has 0 aliphatic heterocycles. The maximum atomic E-state index is 12.3. The molecule has 0 spiro atoms. The Hall–Kier alpha value is -3.19. The molecule has 0 saturated heterocycles. The van der Waals surface area contributed by atoms with Crippen molar-refractivity contribution in [3.05, 3.63) is 71.8 Å². The summed E-state index contributed by atoms with van der Waals surface area (Å²) in [6, 6.07) is 16.9. The number of aliphatic carboxylic acids is 1. The van der Waals surface area contributed by atoms with Crippen molar-refractivity contribution in [3.63, 3.8) is 0 Å². The predicted octanol–water partition coefficient (Wildman–Crippen LogP) is 2.63. The highest BCUT2D eigenvalue weighted by Crippen LogP contribution is 2.13. The van der Waals surface area contributed by atoms with Crippen LogP contribution in [0.2, 0.25) is 0 Å². The lowest BCUT2D eigenvalue weighted by molar-refractivity contribution is -0.140. The molecule has 2 atom stereocenters. The number of rotatable bonds is 8. The van der Waals surface area contributed by atoms with Gasteiger partial charge in [0.15, 0.2) is 0 Å². The zero-order valence-electron chi connectivity index (χ0n) is 14.9. The van der Waals surface area contributed by atoms with Crippen LogP contribution in [0.25, 0.3) is 0 Å². The Kier molecular flexibility index (Phi) is 7.51. The second kappa shape index (κ2) is 10.1. The van der Waals surface area contributed by atoms with Crippen molar-refractivity contribution >= 4 is 18.0 Å². The molecule has 0 aromatic heterocycles. The topological polar surface area (TPSA) is 105 Å². The first-order valence-corrected chi connectivity index (χ1v) is 8.50. The van der Waals surface area contributed by atoms with Crippen LogP contribution in [0.4, 0.5) is 4.79 Å². The minimum Gasteiger partial charge on any atom is -0.481 e. The van der Waals surface area contributed by atoms with Crippen LogP contribution in [0, 0.1) is 0 Å². The molecule has 0 saturated carbocycles. The fourth-order valence-corrected chi connectivity index (χ4v) is 2.49. The van der Waals surface area contributed by atoms with Gasteiger partial charge in [0.1, 0.15) is 6.61 Å². The highest BCUT2D eigenvalue weighted by molar-refractivity contribution is 5.96. The summed E-state index contributed by atoms with van der Waals surface area (Å²) in [5.41, 5.74) is 1.67. The predicted molar refractivity (Wildman–Crippen MR) is 98.8 cm³/mol. The Morgan fingerprint density at radius 2 is 1.59 bits per heavy atom. The average Bonchev–Trinajstić information content (AvgIpc) is 2.67. The van der Waals surface area contributed by atoms with E-state index in [4.69, 9.17) is 9.84 Å². The van der Waals surface area contributed by atoms with Gasteiger partial charge in [0.05, 0.1) is 12.5 Å². The number of alkyl carbamates (subject to hydrolysis) is 1. The standard InChI is InChI=1S/C20H22N2O5/c1-14(16-10-6-3-7-11-16)21-17(12-18(23)24)19(25)22-20(26)27-13-15-8-4-2-5-9-15/h2-11,14,17,21H,12-13H2,1H3,(H,23,24)(H,22,25,26)/t14-,17+/m1/s1. The molecule has 2 rings (SSSR count). The van der Waals surface area contributed by atoms with E-state index in [0.29, 0.717) is 0 Å². The van der Waals surface area contributed by atoms with Gasteiger partial charge in [0, 0.05) is 6.04 Å². The highest BCUT2D eigenvalue weighted by Gasteiger charge is 2.25. The van der Waals surface area contributed by atoms with E-state index in [0.717, 1.165) is 11.1 Å². The van der Waals surface area contributed by atoms with Crippen molar-refractivity contribution in [1.82, 2.24) is 10.6 Å². The number of ether oxygens (including phenoxy) is 1. The fraction of sp³-hybridized carbons (Fsp3) is 0.250. The Balaban J connectivity index is 1.93. The normalized spacial score (nSPS) is 12.6. The van der Waals surface area contributed by atoms with E-state index >= 15 is 0 Å². The third kappa shape index (κ3) is 6.91. The summed E-state index contributed by atoms with van der Waals surface area (Å²) >= 11 is 0. The van der Waals surface area contributed by atoms with Gasteiger partial charge in [-0.1, -0.05) is 60.7 Å². The monoisotopic (exact) mass is 370 g/mol. The van der Waals surface area contributed by atoms with Gasteiger partial charge in [-0.15, -0.1) is 0 Å². The largest absolute Gasteiger partial charge is 0.481 e. The van der Waals surface area contributed by atoms with Crippen molar-refractivity contribution in [2.24, 2.45) is 0 Å². The molecule has 0 heterocycles. The first kappa shape index (κ1) is 20.1. The third-order valence-corrected chi connectivity index (χ3v) is 3.88. The van der Waals surface area contributed by atoms with E-state index in [9.17, 15) is 14.4 Å². The molecule has 27 heavy (non-hydrogen) atoms. The van der Waals surface area contributed by atoms with Crippen molar-refractivity contribution in [2.75, 3.05) is 0 Å². The van der Waals surface area contributed by atoms with Crippen LogP contribution in [0.1, 0.15) is 30.5 Å². The van der Waals surface area contributed by atoms with E-state index in [2.05, 4.69) is 10.6 Å². The summed E-state index contributed by atoms with van der Waals surface area (Å²) in [6.07, 6.45) is -1.39. The maximum absolute atomic E-state index is 12.3. The molecule has 7 nitrogen and oxygen atoms in total. The second-order valence-electron chi connectivity index (χ2n) is 6.00. The molecule has 2 amide bonds. The molecular weight excluding hydrogens is 348 g/mol. The van der Waals surface area contributed by atoms with Crippen LogP contribution < -0.4 is 10.6 Å². The molecule has 142 valence electrons. The van der Waals surface area contributed by atoms with E-state index < -0.39 is 30.4 Å². The molecule has 0 fully saturated rings. The lowest BCUT2D eigenvalue weighted by Crippen LogP contribution is -2.48. The summed E-state index contributed by atoms with van der Waals surface area (Å²) in [6.45, 7) is 1.82. The first-order valence-electron chi connectivity index (χ1n) is 8.50. The molecule has 0 radical (unpaired) electrons. The van der Waals surface area contributed by atoms with Gasteiger partial charge in [0.2, 0.25) is 5.91 Å². The number of nitrogens with one attached hydrogen (secondary N) is 2. The van der Waals surface area contributed by atoms with Crippen LogP contribution >= 0.6 is 0 Å². The molecule has 7 heteroatoms. The number of carboxylic acids is 1. The number of carbonyl (C=O) groups excluding carboxylic acids is 2. The lowest BCUT2D eigenvalue weighted by Gasteiger charge is -2.21. The molecular formula is C20H22N2O5. The van der Waals surface area contributed by atoms with Gasteiger partial charge in [-0.05, 0) is 18.1 Å². The Morgan fingerprint density at radius 3 is 2.19 bits per heavy atom. The SMILES string of the molecule is C[C@@H](N[C@@H](CC(=O)O)C(=O)NC(=O)OCc1ccccc1)c1ccccc1. The summed E-state index contributed by atoms with van der Waals surface area (Å²) in [4.78, 5) is 35.3. The molecule has 0 aliphatic carbocycles. The molecule has 0 aliphatic rings. The van der Waals surface area contributed by atoms with E-state index in [1.54, 1.807) is 24.3 Å². The van der Waals surface area contributed by atoms with Gasteiger partial charge in [-0.2, -0.15) is 0 Å². The lowest BCUT2D eigenvalue weighted by atomic mass is 10.1. The molecule has 0 bridgehead atoms. The third-order valence-electron chi connectivity index (χ3n) is 3.88. The second-order valence-corrected chi connectivity index (χ2v) is 6.00. The van der Waals surface area contributed by atoms with E-state index in [1.807, 2.05) is 43.3 Å². The van der Waals surface area contributed by atoms with E-state index in [1.165, 1.54) is 0 Å². The fourth-order valence-electron chi connectivity index (χ4n) is 2.49.